The lowest BCUT2D eigenvalue weighted by Crippen LogP contribution is -2.01. The fraction of sp³-hybridized carbons (Fsp3) is 0.921. The van der Waals surface area contributed by atoms with Gasteiger partial charge in [-0.15, -0.1) is 5.73 Å². The largest absolute Gasteiger partial charge is 0.336 e. The zero-order chi connectivity index (χ0) is 29.0. The number of allylic oxidation sites excluding steroid dienone is 1. The Morgan fingerprint density at radius 2 is 0.725 bits per heavy atom. The van der Waals surface area contributed by atoms with Crippen molar-refractivity contribution in [3.8, 4) is 0 Å². The molecule has 0 aromatic carbocycles. The van der Waals surface area contributed by atoms with E-state index in [-0.39, 0.29) is 5.79 Å². The van der Waals surface area contributed by atoms with Gasteiger partial charge in [0.25, 0.3) is 0 Å². The lowest BCUT2D eigenvalue weighted by atomic mass is 10.0. The molecule has 2 aliphatic rings. The van der Waals surface area contributed by atoms with Crippen LogP contribution in [0.15, 0.2) is 17.9 Å². The third-order valence-corrected chi connectivity index (χ3v) is 8.72. The molecule has 1 spiro atoms. The first kappa shape index (κ1) is 37.5. The maximum Gasteiger partial charge on any atom is 0.223 e. The van der Waals surface area contributed by atoms with Crippen LogP contribution in [0.1, 0.15) is 207 Å². The van der Waals surface area contributed by atoms with Gasteiger partial charge in [-0.25, -0.2) is 0 Å². The highest BCUT2D eigenvalue weighted by molar-refractivity contribution is 5.11. The Balaban J connectivity index is 0.000000403. The van der Waals surface area contributed by atoms with Crippen molar-refractivity contribution in [3.63, 3.8) is 0 Å². The van der Waals surface area contributed by atoms with Gasteiger partial charge in [0.1, 0.15) is 12.2 Å². The maximum atomic E-state index is 5.83. The van der Waals surface area contributed by atoms with Crippen molar-refractivity contribution in [3.05, 3.63) is 17.9 Å². The quantitative estimate of drug-likeness (QED) is 0.0540. The van der Waals surface area contributed by atoms with E-state index >= 15 is 0 Å². The number of unbranched alkanes of at least 4 members (excludes halogenated alkanes) is 22. The van der Waals surface area contributed by atoms with E-state index in [1.165, 1.54) is 180 Å². The van der Waals surface area contributed by atoms with Crippen LogP contribution in [0.5, 0.6) is 0 Å². The van der Waals surface area contributed by atoms with Gasteiger partial charge >= 0.3 is 0 Å². The predicted molar refractivity (Wildman–Crippen MR) is 177 cm³/mol. The second-order valence-corrected chi connectivity index (χ2v) is 12.7. The van der Waals surface area contributed by atoms with Crippen LogP contribution in [0.4, 0.5) is 0 Å². The summed E-state index contributed by atoms with van der Waals surface area (Å²) < 4.78 is 11.7. The van der Waals surface area contributed by atoms with Gasteiger partial charge in [0.15, 0.2) is 0 Å². The first-order chi connectivity index (χ1) is 19.7. The number of hydrogen-bond acceptors (Lipinski definition) is 2. The third-order valence-electron chi connectivity index (χ3n) is 8.72. The molecule has 2 aliphatic heterocycles. The molecule has 0 aromatic heterocycles. The molecule has 2 rings (SSSR count). The fourth-order valence-electron chi connectivity index (χ4n) is 5.81. The van der Waals surface area contributed by atoms with E-state index in [0.29, 0.717) is 12.2 Å². The molecule has 0 radical (unpaired) electrons. The van der Waals surface area contributed by atoms with Crippen LogP contribution >= 0.6 is 0 Å². The van der Waals surface area contributed by atoms with E-state index in [9.17, 15) is 0 Å². The van der Waals surface area contributed by atoms with E-state index in [4.69, 9.17) is 9.47 Å². The molecule has 2 unspecified atom stereocenters. The second kappa shape index (κ2) is 27.3. The van der Waals surface area contributed by atoms with Crippen LogP contribution in [0.3, 0.4) is 0 Å². The van der Waals surface area contributed by atoms with Gasteiger partial charge in [0, 0.05) is 0 Å². The van der Waals surface area contributed by atoms with Crippen LogP contribution in [0, 0.1) is 0 Å². The summed E-state index contributed by atoms with van der Waals surface area (Å²) in [6.45, 7) is 9.10. The molecule has 2 heterocycles. The molecule has 40 heavy (non-hydrogen) atoms. The Hall–Kier alpha value is -0.560. The highest BCUT2D eigenvalue weighted by atomic mass is 16.9. The van der Waals surface area contributed by atoms with Crippen molar-refractivity contribution < 1.29 is 9.47 Å². The minimum Gasteiger partial charge on any atom is -0.336 e. The lowest BCUT2D eigenvalue weighted by molar-refractivity contribution is 0.246. The summed E-state index contributed by atoms with van der Waals surface area (Å²) in [5.41, 5.74) is 3.34. The highest BCUT2D eigenvalue weighted by Gasteiger charge is 2.75. The molecule has 2 atom stereocenters. The third kappa shape index (κ3) is 20.3. The Kier molecular flexibility index (Phi) is 25.6. The first-order valence-corrected chi connectivity index (χ1v) is 18.5. The van der Waals surface area contributed by atoms with Gasteiger partial charge in [-0.3, -0.25) is 0 Å². The SMILES string of the molecule is CCCCCCCCC1OC12OC2CCCCCCCC.CCCCCCCCC=C=CCCCCCCCC. The monoisotopic (exact) mass is 561 g/mol. The average molecular weight is 561 g/mol. The first-order valence-electron chi connectivity index (χ1n) is 18.5. The summed E-state index contributed by atoms with van der Waals surface area (Å²) in [6, 6.07) is 0. The zero-order valence-electron chi connectivity index (χ0n) is 27.9. The molecular weight excluding hydrogens is 488 g/mol. The Morgan fingerprint density at radius 1 is 0.425 bits per heavy atom. The van der Waals surface area contributed by atoms with Crippen molar-refractivity contribution in [1.29, 1.82) is 0 Å². The minimum absolute atomic E-state index is 0.0766. The van der Waals surface area contributed by atoms with E-state index in [1.807, 2.05) is 0 Å². The van der Waals surface area contributed by atoms with Gasteiger partial charge in [0.2, 0.25) is 5.79 Å². The predicted octanol–water partition coefficient (Wildman–Crippen LogP) is 13.2. The van der Waals surface area contributed by atoms with Gasteiger partial charge < -0.3 is 9.47 Å². The molecule has 0 saturated carbocycles. The van der Waals surface area contributed by atoms with Gasteiger partial charge in [-0.05, 0) is 50.7 Å². The number of hydrogen-bond donors (Lipinski definition) is 0. The van der Waals surface area contributed by atoms with Crippen LogP contribution in [-0.2, 0) is 9.47 Å². The number of rotatable bonds is 28. The van der Waals surface area contributed by atoms with Crippen LogP contribution in [0.2, 0.25) is 0 Å². The summed E-state index contributed by atoms with van der Waals surface area (Å²) >= 11 is 0. The summed E-state index contributed by atoms with van der Waals surface area (Å²) in [7, 11) is 0. The van der Waals surface area contributed by atoms with Crippen molar-refractivity contribution in [1.82, 2.24) is 0 Å². The molecular formula is C38H72O2. The van der Waals surface area contributed by atoms with Gasteiger partial charge in [0.05, 0.1) is 0 Å². The number of epoxide rings is 2. The molecule has 2 saturated heterocycles. The maximum absolute atomic E-state index is 5.83. The Labute approximate surface area is 252 Å². The molecule has 236 valence electrons. The average Bonchev–Trinajstić information content (AvgIpc) is 3.86. The van der Waals surface area contributed by atoms with E-state index in [0.717, 1.165) is 0 Å². The summed E-state index contributed by atoms with van der Waals surface area (Å²) in [4.78, 5) is 0. The van der Waals surface area contributed by atoms with E-state index in [1.54, 1.807) is 0 Å². The molecule has 2 nitrogen and oxygen atoms in total. The molecule has 0 N–H and O–H groups in total. The zero-order valence-corrected chi connectivity index (χ0v) is 27.9. The van der Waals surface area contributed by atoms with E-state index in [2.05, 4.69) is 45.6 Å². The molecule has 0 amide bonds. The lowest BCUT2D eigenvalue weighted by Gasteiger charge is -1.98. The number of ether oxygens (including phenoxy) is 2. The fourth-order valence-corrected chi connectivity index (χ4v) is 5.81. The smallest absolute Gasteiger partial charge is 0.223 e. The van der Waals surface area contributed by atoms with Crippen molar-refractivity contribution in [2.24, 2.45) is 0 Å². The van der Waals surface area contributed by atoms with Crippen molar-refractivity contribution >= 4 is 0 Å². The normalized spacial score (nSPS) is 20.6. The van der Waals surface area contributed by atoms with Crippen molar-refractivity contribution in [2.45, 2.75) is 225 Å². The molecule has 2 heteroatoms. The van der Waals surface area contributed by atoms with Crippen LogP contribution in [0.25, 0.3) is 0 Å². The highest BCUT2D eigenvalue weighted by Crippen LogP contribution is 2.58. The second-order valence-electron chi connectivity index (χ2n) is 12.7. The van der Waals surface area contributed by atoms with E-state index < -0.39 is 0 Å². The van der Waals surface area contributed by atoms with Crippen molar-refractivity contribution in [2.75, 3.05) is 0 Å². The summed E-state index contributed by atoms with van der Waals surface area (Å²) in [6.07, 6.45) is 43.4. The Morgan fingerprint density at radius 3 is 1.07 bits per heavy atom. The summed E-state index contributed by atoms with van der Waals surface area (Å²) in [5.74, 6) is -0.0766. The van der Waals surface area contributed by atoms with Gasteiger partial charge in [-0.2, -0.15) is 0 Å². The summed E-state index contributed by atoms with van der Waals surface area (Å²) in [5, 5.41) is 0. The van der Waals surface area contributed by atoms with Crippen LogP contribution in [-0.4, -0.2) is 18.0 Å². The topological polar surface area (TPSA) is 25.1 Å². The van der Waals surface area contributed by atoms with Crippen LogP contribution < -0.4 is 0 Å². The molecule has 0 aromatic rings. The standard InChI is InChI=1S/C19H36O2.C19H36/c1-3-5-7-9-11-13-15-17-19(20-17)18(21-19)16-14-12-10-8-6-4-2;1-3-5-7-9-11-13-15-17-19-18-16-14-12-10-8-6-4-2/h17-18H,3-16H2,1-2H3;17-18H,3-16H2,1-2H3. The van der Waals surface area contributed by atoms with Gasteiger partial charge in [-0.1, -0.05) is 169 Å². The molecule has 0 bridgehead atoms. The molecule has 2 fully saturated rings. The Bertz CT molecular complexity index is 542. The molecule has 0 aliphatic carbocycles. The minimum atomic E-state index is -0.0766.